The molecule has 0 fully saturated rings. The molecule has 16 heavy (non-hydrogen) atoms. The van der Waals surface area contributed by atoms with Gasteiger partial charge in [0.15, 0.2) is 0 Å². The van der Waals surface area contributed by atoms with Crippen molar-refractivity contribution in [1.29, 1.82) is 0 Å². The van der Waals surface area contributed by atoms with Gasteiger partial charge in [0, 0.05) is 26.2 Å². The fourth-order valence-corrected chi connectivity index (χ4v) is 1.57. The number of benzene rings is 1. The number of nitrogens with two attached hydrogens (primary N) is 1. The molecule has 4 heteroatoms. The van der Waals surface area contributed by atoms with E-state index in [0.717, 1.165) is 12.1 Å². The van der Waals surface area contributed by atoms with Crippen molar-refractivity contribution in [2.24, 2.45) is 5.73 Å². The lowest BCUT2D eigenvalue weighted by Gasteiger charge is -2.26. The van der Waals surface area contributed by atoms with E-state index in [1.165, 1.54) is 12.1 Å². The number of hydrogen-bond acceptors (Lipinski definition) is 3. The van der Waals surface area contributed by atoms with Gasteiger partial charge in [-0.05, 0) is 24.7 Å². The summed E-state index contributed by atoms with van der Waals surface area (Å²) in [6.07, 6.45) is 0. The van der Waals surface area contributed by atoms with Gasteiger partial charge in [0.2, 0.25) is 0 Å². The fraction of sp³-hybridized carbons (Fsp3) is 0.500. The number of methoxy groups -OCH3 is 1. The molecule has 0 bridgehead atoms. The van der Waals surface area contributed by atoms with Gasteiger partial charge in [-0.25, -0.2) is 4.39 Å². The van der Waals surface area contributed by atoms with Crippen LogP contribution in [-0.4, -0.2) is 38.3 Å². The maximum Gasteiger partial charge on any atom is 0.123 e. The van der Waals surface area contributed by atoms with E-state index < -0.39 is 0 Å². The Labute approximate surface area is 96.0 Å². The molecule has 1 atom stereocenters. The normalized spacial score (nSPS) is 13.1. The molecule has 0 spiro atoms. The second-order valence-corrected chi connectivity index (χ2v) is 3.89. The lowest BCUT2D eigenvalue weighted by atomic mass is 10.2. The standard InChI is InChI=1S/C12H19FN2O/c1-15(12(7-14)9-16-2)8-10-3-5-11(13)6-4-10/h3-6,12H,7-9,14H2,1-2H3. The second-order valence-electron chi connectivity index (χ2n) is 3.89. The van der Waals surface area contributed by atoms with Gasteiger partial charge in [-0.15, -0.1) is 0 Å². The van der Waals surface area contributed by atoms with Gasteiger partial charge in [0.1, 0.15) is 5.82 Å². The summed E-state index contributed by atoms with van der Waals surface area (Å²) >= 11 is 0. The first-order valence-corrected chi connectivity index (χ1v) is 5.31. The third-order valence-corrected chi connectivity index (χ3v) is 2.60. The molecule has 1 rings (SSSR count). The molecule has 1 aromatic carbocycles. The molecule has 0 saturated heterocycles. The highest BCUT2D eigenvalue weighted by atomic mass is 19.1. The topological polar surface area (TPSA) is 38.5 Å². The molecular formula is C12H19FN2O. The van der Waals surface area contributed by atoms with Crippen molar-refractivity contribution in [3.05, 3.63) is 35.6 Å². The fourth-order valence-electron chi connectivity index (χ4n) is 1.57. The summed E-state index contributed by atoms with van der Waals surface area (Å²) in [6.45, 7) is 1.89. The van der Waals surface area contributed by atoms with Gasteiger partial charge >= 0.3 is 0 Å². The molecule has 0 aliphatic carbocycles. The first kappa shape index (κ1) is 13.1. The Balaban J connectivity index is 2.55. The van der Waals surface area contributed by atoms with Crippen molar-refractivity contribution in [3.63, 3.8) is 0 Å². The monoisotopic (exact) mass is 226 g/mol. The number of ether oxygens (including phenoxy) is 1. The molecule has 0 aliphatic heterocycles. The Morgan fingerprint density at radius 3 is 2.50 bits per heavy atom. The first-order valence-electron chi connectivity index (χ1n) is 5.31. The van der Waals surface area contributed by atoms with Crippen molar-refractivity contribution in [2.75, 3.05) is 27.3 Å². The van der Waals surface area contributed by atoms with Crippen LogP contribution in [0.5, 0.6) is 0 Å². The molecule has 0 aliphatic rings. The predicted molar refractivity (Wildman–Crippen MR) is 62.6 cm³/mol. The van der Waals surface area contributed by atoms with Crippen molar-refractivity contribution >= 4 is 0 Å². The van der Waals surface area contributed by atoms with Gasteiger partial charge in [0.25, 0.3) is 0 Å². The molecule has 0 amide bonds. The van der Waals surface area contributed by atoms with Crippen LogP contribution in [0.1, 0.15) is 5.56 Å². The highest BCUT2D eigenvalue weighted by Crippen LogP contribution is 2.07. The maximum atomic E-state index is 12.7. The molecule has 0 aromatic heterocycles. The summed E-state index contributed by atoms with van der Waals surface area (Å²) in [5.41, 5.74) is 6.72. The number of hydrogen-bond donors (Lipinski definition) is 1. The Morgan fingerprint density at radius 1 is 1.38 bits per heavy atom. The predicted octanol–water partition coefficient (Wildman–Crippen LogP) is 1.23. The van der Waals surface area contributed by atoms with Gasteiger partial charge in [-0.3, -0.25) is 4.90 Å². The van der Waals surface area contributed by atoms with Crippen molar-refractivity contribution in [2.45, 2.75) is 12.6 Å². The largest absolute Gasteiger partial charge is 0.383 e. The zero-order valence-electron chi connectivity index (χ0n) is 9.82. The van der Waals surface area contributed by atoms with Crippen LogP contribution in [0.2, 0.25) is 0 Å². The Kier molecular flexibility index (Phi) is 5.38. The molecular weight excluding hydrogens is 207 g/mol. The lowest BCUT2D eigenvalue weighted by Crippen LogP contribution is -2.40. The van der Waals surface area contributed by atoms with Crippen molar-refractivity contribution in [3.8, 4) is 0 Å². The summed E-state index contributed by atoms with van der Waals surface area (Å²) in [7, 11) is 3.65. The smallest absolute Gasteiger partial charge is 0.123 e. The summed E-state index contributed by atoms with van der Waals surface area (Å²) in [4.78, 5) is 2.11. The van der Waals surface area contributed by atoms with E-state index in [1.807, 2.05) is 7.05 Å². The summed E-state index contributed by atoms with van der Waals surface area (Å²) in [6, 6.07) is 6.70. The minimum Gasteiger partial charge on any atom is -0.383 e. The van der Waals surface area contributed by atoms with Crippen LogP contribution in [0.3, 0.4) is 0 Å². The van der Waals surface area contributed by atoms with Crippen LogP contribution in [0.25, 0.3) is 0 Å². The van der Waals surface area contributed by atoms with Gasteiger partial charge in [-0.1, -0.05) is 12.1 Å². The number of likely N-dealkylation sites (N-methyl/N-ethyl adjacent to an activating group) is 1. The Hall–Kier alpha value is -0.970. The Morgan fingerprint density at radius 2 is 2.00 bits per heavy atom. The van der Waals surface area contributed by atoms with Gasteiger partial charge < -0.3 is 10.5 Å². The molecule has 3 nitrogen and oxygen atoms in total. The number of rotatable bonds is 6. The van der Waals surface area contributed by atoms with E-state index in [1.54, 1.807) is 19.2 Å². The number of halogens is 1. The van der Waals surface area contributed by atoms with E-state index >= 15 is 0 Å². The average Bonchev–Trinajstić information content (AvgIpc) is 2.29. The zero-order valence-corrected chi connectivity index (χ0v) is 9.82. The SMILES string of the molecule is COCC(CN)N(C)Cc1ccc(F)cc1. The second kappa shape index (κ2) is 6.58. The van der Waals surface area contributed by atoms with Crippen molar-refractivity contribution in [1.82, 2.24) is 4.90 Å². The molecule has 1 unspecified atom stereocenters. The van der Waals surface area contributed by atoms with Crippen molar-refractivity contribution < 1.29 is 9.13 Å². The molecule has 0 radical (unpaired) electrons. The van der Waals surface area contributed by atoms with Crippen LogP contribution in [0, 0.1) is 5.82 Å². The molecule has 90 valence electrons. The lowest BCUT2D eigenvalue weighted by molar-refractivity contribution is 0.106. The maximum absolute atomic E-state index is 12.7. The van der Waals surface area contributed by atoms with E-state index in [4.69, 9.17) is 10.5 Å². The molecule has 1 aromatic rings. The summed E-state index contributed by atoms with van der Waals surface area (Å²) in [5, 5.41) is 0. The van der Waals surface area contributed by atoms with E-state index in [0.29, 0.717) is 13.2 Å². The minimum atomic E-state index is -0.210. The quantitative estimate of drug-likeness (QED) is 0.793. The van der Waals surface area contributed by atoms with Crippen LogP contribution < -0.4 is 5.73 Å². The van der Waals surface area contributed by atoms with E-state index in [-0.39, 0.29) is 11.9 Å². The Bertz CT molecular complexity index is 302. The average molecular weight is 226 g/mol. The number of nitrogens with zero attached hydrogens (tertiary/aromatic N) is 1. The summed E-state index contributed by atoms with van der Waals surface area (Å²) in [5.74, 6) is -0.210. The van der Waals surface area contributed by atoms with Crippen LogP contribution in [0.4, 0.5) is 4.39 Å². The van der Waals surface area contributed by atoms with Gasteiger partial charge in [0.05, 0.1) is 6.61 Å². The van der Waals surface area contributed by atoms with Crippen LogP contribution >= 0.6 is 0 Å². The third kappa shape index (κ3) is 3.89. The van der Waals surface area contributed by atoms with Crippen LogP contribution in [0.15, 0.2) is 24.3 Å². The van der Waals surface area contributed by atoms with E-state index in [9.17, 15) is 4.39 Å². The third-order valence-electron chi connectivity index (χ3n) is 2.60. The molecule has 0 heterocycles. The van der Waals surface area contributed by atoms with Crippen LogP contribution in [-0.2, 0) is 11.3 Å². The zero-order chi connectivity index (χ0) is 12.0. The summed E-state index contributed by atoms with van der Waals surface area (Å²) < 4.78 is 17.8. The molecule has 2 N–H and O–H groups in total. The molecule has 0 saturated carbocycles. The highest BCUT2D eigenvalue weighted by molar-refractivity contribution is 5.15. The van der Waals surface area contributed by atoms with Gasteiger partial charge in [-0.2, -0.15) is 0 Å². The first-order chi connectivity index (χ1) is 7.67. The van der Waals surface area contributed by atoms with E-state index in [2.05, 4.69) is 4.90 Å². The minimum absolute atomic E-state index is 0.190. The highest BCUT2D eigenvalue weighted by Gasteiger charge is 2.12.